The molecule has 2 aliphatic rings. The van der Waals surface area contributed by atoms with Gasteiger partial charge in [0.25, 0.3) is 0 Å². The second-order valence-corrected chi connectivity index (χ2v) is 4.73. The average molecular weight is 264 g/mol. The molecule has 2 unspecified atom stereocenters. The van der Waals surface area contributed by atoms with E-state index in [1.165, 1.54) is 0 Å². The standard InChI is InChI=1S/C14H16O5/c15-14(19-9-13-8-18-13)5-10-1-3-11(4-2-10)16-6-12-7-17-12/h1-4,12-13H,5-9H2. The van der Waals surface area contributed by atoms with E-state index in [9.17, 15) is 4.79 Å². The van der Waals surface area contributed by atoms with E-state index in [4.69, 9.17) is 18.9 Å². The molecule has 2 saturated heterocycles. The maximum absolute atomic E-state index is 11.5. The predicted molar refractivity (Wildman–Crippen MR) is 66.1 cm³/mol. The van der Waals surface area contributed by atoms with Crippen LogP contribution in [0.25, 0.3) is 0 Å². The monoisotopic (exact) mass is 264 g/mol. The number of esters is 1. The molecule has 0 amide bonds. The summed E-state index contributed by atoms with van der Waals surface area (Å²) in [6.45, 7) is 2.43. The minimum Gasteiger partial charge on any atom is -0.491 e. The minimum atomic E-state index is -0.226. The molecular weight excluding hydrogens is 248 g/mol. The number of benzene rings is 1. The summed E-state index contributed by atoms with van der Waals surface area (Å²) in [7, 11) is 0. The lowest BCUT2D eigenvalue weighted by atomic mass is 10.1. The fraction of sp³-hybridized carbons (Fsp3) is 0.500. The Morgan fingerprint density at radius 1 is 1.11 bits per heavy atom. The lowest BCUT2D eigenvalue weighted by Crippen LogP contribution is -2.12. The Morgan fingerprint density at radius 2 is 1.74 bits per heavy atom. The van der Waals surface area contributed by atoms with Gasteiger partial charge in [-0.3, -0.25) is 4.79 Å². The van der Waals surface area contributed by atoms with E-state index in [1.807, 2.05) is 24.3 Å². The Kier molecular flexibility index (Phi) is 3.66. The second-order valence-electron chi connectivity index (χ2n) is 4.73. The SMILES string of the molecule is O=C(Cc1ccc(OCC2CO2)cc1)OCC1CO1. The van der Waals surface area contributed by atoms with Gasteiger partial charge in [-0.25, -0.2) is 0 Å². The summed E-state index contributed by atoms with van der Waals surface area (Å²) in [5.74, 6) is 0.564. The van der Waals surface area contributed by atoms with Gasteiger partial charge in [0.1, 0.15) is 31.2 Å². The smallest absolute Gasteiger partial charge is 0.310 e. The van der Waals surface area contributed by atoms with Crippen LogP contribution in [-0.4, -0.2) is 44.6 Å². The lowest BCUT2D eigenvalue weighted by Gasteiger charge is -2.06. The Balaban J connectivity index is 1.42. The molecule has 2 atom stereocenters. The molecule has 0 N–H and O–H groups in total. The third kappa shape index (κ3) is 4.22. The van der Waals surface area contributed by atoms with Crippen LogP contribution >= 0.6 is 0 Å². The van der Waals surface area contributed by atoms with E-state index in [0.29, 0.717) is 19.8 Å². The van der Waals surface area contributed by atoms with Crippen LogP contribution in [0.1, 0.15) is 5.56 Å². The second kappa shape index (κ2) is 5.59. The number of rotatable bonds is 7. The van der Waals surface area contributed by atoms with E-state index >= 15 is 0 Å². The van der Waals surface area contributed by atoms with Crippen LogP contribution < -0.4 is 4.74 Å². The van der Waals surface area contributed by atoms with Crippen LogP contribution in [0.5, 0.6) is 5.75 Å². The van der Waals surface area contributed by atoms with E-state index < -0.39 is 0 Å². The van der Waals surface area contributed by atoms with Gasteiger partial charge in [0.05, 0.1) is 19.6 Å². The number of carbonyl (C=O) groups excluding carboxylic acids is 1. The Labute approximate surface area is 111 Å². The molecule has 2 fully saturated rings. The Hall–Kier alpha value is -1.59. The van der Waals surface area contributed by atoms with Gasteiger partial charge in [0.2, 0.25) is 0 Å². The van der Waals surface area contributed by atoms with Crippen LogP contribution in [0, 0.1) is 0 Å². The molecule has 0 aliphatic carbocycles. The molecule has 0 bridgehead atoms. The molecule has 1 aromatic rings. The third-order valence-corrected chi connectivity index (χ3v) is 2.94. The Bertz CT molecular complexity index is 434. The van der Waals surface area contributed by atoms with Crippen molar-refractivity contribution in [1.82, 2.24) is 0 Å². The summed E-state index contributed by atoms with van der Waals surface area (Å²) in [5, 5.41) is 0. The highest BCUT2D eigenvalue weighted by Crippen LogP contribution is 2.16. The minimum absolute atomic E-state index is 0.115. The molecule has 5 heteroatoms. The molecule has 2 aliphatic heterocycles. The summed E-state index contributed by atoms with van der Waals surface area (Å²) >= 11 is 0. The van der Waals surface area contributed by atoms with Crippen LogP contribution in [-0.2, 0) is 25.4 Å². The molecule has 102 valence electrons. The fourth-order valence-corrected chi connectivity index (χ4v) is 1.62. The summed E-state index contributed by atoms with van der Waals surface area (Å²) in [6.07, 6.45) is 0.641. The highest BCUT2D eigenvalue weighted by Gasteiger charge is 2.24. The van der Waals surface area contributed by atoms with Crippen molar-refractivity contribution >= 4 is 5.97 Å². The zero-order chi connectivity index (χ0) is 13.1. The predicted octanol–water partition coefficient (Wildman–Crippen LogP) is 0.949. The van der Waals surface area contributed by atoms with Crippen LogP contribution in [0.15, 0.2) is 24.3 Å². The average Bonchev–Trinajstić information content (AvgIpc) is 3.28. The van der Waals surface area contributed by atoms with Gasteiger partial charge in [-0.2, -0.15) is 0 Å². The normalized spacial score (nSPS) is 23.8. The van der Waals surface area contributed by atoms with Crippen molar-refractivity contribution in [2.24, 2.45) is 0 Å². The van der Waals surface area contributed by atoms with Crippen LogP contribution in [0.2, 0.25) is 0 Å². The van der Waals surface area contributed by atoms with E-state index in [2.05, 4.69) is 0 Å². The highest BCUT2D eigenvalue weighted by atomic mass is 16.6. The van der Waals surface area contributed by atoms with Crippen molar-refractivity contribution in [1.29, 1.82) is 0 Å². The molecule has 0 saturated carbocycles. The van der Waals surface area contributed by atoms with E-state index in [0.717, 1.165) is 17.9 Å². The zero-order valence-electron chi connectivity index (χ0n) is 10.5. The molecule has 3 rings (SSSR count). The van der Waals surface area contributed by atoms with Gasteiger partial charge in [0.15, 0.2) is 0 Å². The first-order valence-electron chi connectivity index (χ1n) is 6.40. The van der Waals surface area contributed by atoms with Gasteiger partial charge in [0, 0.05) is 0 Å². The number of hydrogen-bond donors (Lipinski definition) is 0. The van der Waals surface area contributed by atoms with Gasteiger partial charge in [-0.15, -0.1) is 0 Å². The van der Waals surface area contributed by atoms with Crippen LogP contribution in [0.3, 0.4) is 0 Å². The molecule has 19 heavy (non-hydrogen) atoms. The number of hydrogen-bond acceptors (Lipinski definition) is 5. The summed E-state index contributed by atoms with van der Waals surface area (Å²) < 4.78 is 20.6. The molecule has 0 radical (unpaired) electrons. The first-order valence-corrected chi connectivity index (χ1v) is 6.40. The molecule has 5 nitrogen and oxygen atoms in total. The summed E-state index contributed by atoms with van der Waals surface area (Å²) in [6, 6.07) is 7.46. The first-order chi connectivity index (χ1) is 9.29. The molecule has 2 heterocycles. The number of epoxide rings is 2. The Morgan fingerprint density at radius 3 is 2.37 bits per heavy atom. The first kappa shape index (κ1) is 12.4. The van der Waals surface area contributed by atoms with E-state index in [-0.39, 0.29) is 24.6 Å². The molecule has 1 aromatic carbocycles. The van der Waals surface area contributed by atoms with Gasteiger partial charge in [-0.1, -0.05) is 12.1 Å². The van der Waals surface area contributed by atoms with Crippen molar-refractivity contribution in [2.45, 2.75) is 18.6 Å². The highest BCUT2D eigenvalue weighted by molar-refractivity contribution is 5.72. The van der Waals surface area contributed by atoms with Gasteiger partial charge in [-0.05, 0) is 17.7 Å². The topological polar surface area (TPSA) is 60.6 Å². The van der Waals surface area contributed by atoms with Crippen LogP contribution in [0.4, 0.5) is 0 Å². The van der Waals surface area contributed by atoms with Crippen molar-refractivity contribution < 1.29 is 23.7 Å². The van der Waals surface area contributed by atoms with Gasteiger partial charge < -0.3 is 18.9 Å². The van der Waals surface area contributed by atoms with Crippen molar-refractivity contribution in [3.05, 3.63) is 29.8 Å². The molecular formula is C14H16O5. The summed E-state index contributed by atoms with van der Waals surface area (Å²) in [4.78, 5) is 11.5. The quantitative estimate of drug-likeness (QED) is 0.542. The molecule has 0 spiro atoms. The molecule has 0 aromatic heterocycles. The zero-order valence-corrected chi connectivity index (χ0v) is 10.5. The lowest BCUT2D eigenvalue weighted by molar-refractivity contribution is -0.143. The fourth-order valence-electron chi connectivity index (χ4n) is 1.62. The maximum atomic E-state index is 11.5. The van der Waals surface area contributed by atoms with Crippen molar-refractivity contribution in [3.8, 4) is 5.75 Å². The van der Waals surface area contributed by atoms with Crippen molar-refractivity contribution in [3.63, 3.8) is 0 Å². The number of carbonyl (C=O) groups is 1. The van der Waals surface area contributed by atoms with E-state index in [1.54, 1.807) is 0 Å². The maximum Gasteiger partial charge on any atom is 0.310 e. The van der Waals surface area contributed by atoms with Gasteiger partial charge >= 0.3 is 5.97 Å². The summed E-state index contributed by atoms with van der Waals surface area (Å²) in [5.41, 5.74) is 0.914. The number of ether oxygens (including phenoxy) is 4. The van der Waals surface area contributed by atoms with Crippen molar-refractivity contribution in [2.75, 3.05) is 26.4 Å². The largest absolute Gasteiger partial charge is 0.491 e. The third-order valence-electron chi connectivity index (χ3n) is 2.94.